The van der Waals surface area contributed by atoms with Crippen LogP contribution in [0.4, 0.5) is 0 Å². The summed E-state index contributed by atoms with van der Waals surface area (Å²) in [5.74, 6) is 0.325. The molecule has 0 saturated heterocycles. The van der Waals surface area contributed by atoms with Gasteiger partial charge in [-0.1, -0.05) is 35.3 Å². The van der Waals surface area contributed by atoms with Gasteiger partial charge in [0, 0.05) is 24.9 Å². The van der Waals surface area contributed by atoms with E-state index in [2.05, 4.69) is 16.1 Å². The van der Waals surface area contributed by atoms with Crippen molar-refractivity contribution in [3.05, 3.63) is 65.2 Å². The molecule has 1 atom stereocenters. The van der Waals surface area contributed by atoms with E-state index >= 15 is 0 Å². The molecular formula is C14H14Cl2N2. The summed E-state index contributed by atoms with van der Waals surface area (Å²) in [6.07, 6.45) is 8.35. The lowest BCUT2D eigenvalue weighted by molar-refractivity contribution is 0.564. The van der Waals surface area contributed by atoms with Crippen LogP contribution in [0.2, 0.25) is 10.0 Å². The number of imidazole rings is 1. The summed E-state index contributed by atoms with van der Waals surface area (Å²) >= 11 is 12.0. The highest BCUT2D eigenvalue weighted by atomic mass is 35.5. The van der Waals surface area contributed by atoms with Gasteiger partial charge in [0.25, 0.3) is 0 Å². The second kappa shape index (κ2) is 6.07. The van der Waals surface area contributed by atoms with Crippen LogP contribution in [0.15, 0.2) is 49.6 Å². The number of hydrogen-bond donors (Lipinski definition) is 0. The Morgan fingerprint density at radius 2 is 2.17 bits per heavy atom. The summed E-state index contributed by atoms with van der Waals surface area (Å²) < 4.78 is 2.05. The number of aromatic nitrogens is 2. The van der Waals surface area contributed by atoms with Crippen molar-refractivity contribution < 1.29 is 0 Å². The Bertz CT molecular complexity index is 521. The van der Waals surface area contributed by atoms with Crippen molar-refractivity contribution in [2.24, 2.45) is 0 Å². The maximum Gasteiger partial charge on any atom is 0.0946 e. The number of halogens is 2. The van der Waals surface area contributed by atoms with Gasteiger partial charge in [-0.3, -0.25) is 0 Å². The van der Waals surface area contributed by atoms with E-state index in [0.717, 1.165) is 18.5 Å². The number of rotatable bonds is 5. The molecule has 0 fully saturated rings. The topological polar surface area (TPSA) is 17.8 Å². The molecule has 18 heavy (non-hydrogen) atoms. The van der Waals surface area contributed by atoms with Crippen LogP contribution in [-0.4, -0.2) is 9.55 Å². The lowest BCUT2D eigenvalue weighted by Crippen LogP contribution is -2.07. The van der Waals surface area contributed by atoms with Crippen LogP contribution >= 0.6 is 23.2 Å². The molecule has 0 N–H and O–H groups in total. The van der Waals surface area contributed by atoms with Gasteiger partial charge < -0.3 is 4.57 Å². The second-order valence-electron chi connectivity index (χ2n) is 4.15. The molecule has 0 aliphatic rings. The van der Waals surface area contributed by atoms with Crippen molar-refractivity contribution in [1.82, 2.24) is 9.55 Å². The maximum atomic E-state index is 6.06. The molecule has 94 valence electrons. The molecule has 0 spiro atoms. The zero-order chi connectivity index (χ0) is 13.0. The van der Waals surface area contributed by atoms with Crippen LogP contribution in [0.5, 0.6) is 0 Å². The third-order valence-corrected chi connectivity index (χ3v) is 3.60. The summed E-state index contributed by atoms with van der Waals surface area (Å²) in [5, 5.41) is 1.18. The smallest absolute Gasteiger partial charge is 0.0946 e. The average Bonchev–Trinajstić information content (AvgIpc) is 2.85. The first-order valence-electron chi connectivity index (χ1n) is 5.72. The molecule has 0 amide bonds. The number of allylic oxidation sites excluding steroid dienone is 1. The highest BCUT2D eigenvalue weighted by Gasteiger charge is 2.12. The van der Waals surface area contributed by atoms with E-state index in [1.165, 1.54) is 0 Å². The zero-order valence-electron chi connectivity index (χ0n) is 9.89. The van der Waals surface area contributed by atoms with E-state index in [1.54, 1.807) is 6.20 Å². The van der Waals surface area contributed by atoms with Crippen LogP contribution in [0.3, 0.4) is 0 Å². The van der Waals surface area contributed by atoms with Crippen molar-refractivity contribution >= 4 is 23.2 Å². The van der Waals surface area contributed by atoms with Gasteiger partial charge in [0.2, 0.25) is 0 Å². The molecule has 2 rings (SSSR count). The largest absolute Gasteiger partial charge is 0.337 e. The number of benzene rings is 1. The van der Waals surface area contributed by atoms with Crippen LogP contribution in [0.25, 0.3) is 0 Å². The van der Waals surface area contributed by atoms with E-state index in [9.17, 15) is 0 Å². The van der Waals surface area contributed by atoms with E-state index in [1.807, 2.05) is 36.8 Å². The Kier molecular flexibility index (Phi) is 4.45. The molecule has 1 heterocycles. The van der Waals surface area contributed by atoms with Gasteiger partial charge in [0.1, 0.15) is 0 Å². The van der Waals surface area contributed by atoms with Crippen molar-refractivity contribution in [3.8, 4) is 0 Å². The molecule has 2 aromatic rings. The van der Waals surface area contributed by atoms with Gasteiger partial charge in [-0.05, 0) is 24.1 Å². The Balaban J connectivity index is 2.23. The minimum Gasteiger partial charge on any atom is -0.337 e. The van der Waals surface area contributed by atoms with Crippen LogP contribution < -0.4 is 0 Å². The van der Waals surface area contributed by atoms with Gasteiger partial charge in [-0.15, -0.1) is 6.58 Å². The average molecular weight is 281 g/mol. The third-order valence-electron chi connectivity index (χ3n) is 2.86. The normalized spacial score (nSPS) is 12.3. The van der Waals surface area contributed by atoms with Crippen molar-refractivity contribution in [2.75, 3.05) is 0 Å². The SMILES string of the molecule is C=CCC(Cn1ccnc1)c1ccc(Cl)c(Cl)c1. The van der Waals surface area contributed by atoms with E-state index in [-0.39, 0.29) is 0 Å². The van der Waals surface area contributed by atoms with Gasteiger partial charge in [0.05, 0.1) is 16.4 Å². The van der Waals surface area contributed by atoms with Crippen LogP contribution in [0.1, 0.15) is 17.9 Å². The van der Waals surface area contributed by atoms with Crippen molar-refractivity contribution in [2.45, 2.75) is 18.9 Å². The first-order chi connectivity index (χ1) is 8.70. The third kappa shape index (κ3) is 3.15. The van der Waals surface area contributed by atoms with Gasteiger partial charge in [0.15, 0.2) is 0 Å². The molecule has 0 bridgehead atoms. The standard InChI is InChI=1S/C14H14Cl2N2/c1-2-3-12(9-18-7-6-17-10-18)11-4-5-13(15)14(16)8-11/h2,4-8,10,12H,1,3,9H2. The first-order valence-corrected chi connectivity index (χ1v) is 6.48. The fourth-order valence-electron chi connectivity index (χ4n) is 1.93. The predicted octanol–water partition coefficient (Wildman–Crippen LogP) is 4.55. The van der Waals surface area contributed by atoms with Crippen molar-refractivity contribution in [1.29, 1.82) is 0 Å². The highest BCUT2D eigenvalue weighted by Crippen LogP contribution is 2.29. The Morgan fingerprint density at radius 1 is 1.33 bits per heavy atom. The molecule has 0 radical (unpaired) electrons. The molecule has 4 heteroatoms. The number of hydrogen-bond acceptors (Lipinski definition) is 1. The Labute approximate surface area is 117 Å². The lowest BCUT2D eigenvalue weighted by atomic mass is 9.95. The first kappa shape index (κ1) is 13.2. The summed E-state index contributed by atoms with van der Waals surface area (Å²) in [6.45, 7) is 4.66. The zero-order valence-corrected chi connectivity index (χ0v) is 11.4. The van der Waals surface area contributed by atoms with Gasteiger partial charge >= 0.3 is 0 Å². The van der Waals surface area contributed by atoms with E-state index in [4.69, 9.17) is 23.2 Å². The summed E-state index contributed by atoms with van der Waals surface area (Å²) in [7, 11) is 0. The molecule has 0 saturated carbocycles. The van der Waals surface area contributed by atoms with E-state index < -0.39 is 0 Å². The quantitative estimate of drug-likeness (QED) is 0.735. The minimum absolute atomic E-state index is 0.325. The molecule has 2 nitrogen and oxygen atoms in total. The number of nitrogens with zero attached hydrogens (tertiary/aromatic N) is 2. The summed E-state index contributed by atoms with van der Waals surface area (Å²) in [6, 6.07) is 5.78. The van der Waals surface area contributed by atoms with Gasteiger partial charge in [-0.2, -0.15) is 0 Å². The lowest BCUT2D eigenvalue weighted by Gasteiger charge is -2.16. The van der Waals surface area contributed by atoms with E-state index in [0.29, 0.717) is 16.0 Å². The molecule has 0 aliphatic carbocycles. The summed E-state index contributed by atoms with van der Waals surface area (Å²) in [4.78, 5) is 4.05. The molecule has 0 aliphatic heterocycles. The monoisotopic (exact) mass is 280 g/mol. The molecular weight excluding hydrogens is 267 g/mol. The Morgan fingerprint density at radius 3 is 2.78 bits per heavy atom. The maximum absolute atomic E-state index is 6.06. The second-order valence-corrected chi connectivity index (χ2v) is 4.97. The van der Waals surface area contributed by atoms with Crippen molar-refractivity contribution in [3.63, 3.8) is 0 Å². The molecule has 1 aromatic carbocycles. The van der Waals surface area contributed by atoms with Gasteiger partial charge in [-0.25, -0.2) is 4.98 Å². The Hall–Kier alpha value is -1.25. The fraction of sp³-hybridized carbons (Fsp3) is 0.214. The fourth-order valence-corrected chi connectivity index (χ4v) is 2.24. The van der Waals surface area contributed by atoms with Crippen LogP contribution in [-0.2, 0) is 6.54 Å². The van der Waals surface area contributed by atoms with Crippen LogP contribution in [0, 0.1) is 0 Å². The summed E-state index contributed by atoms with van der Waals surface area (Å²) in [5.41, 5.74) is 1.16. The predicted molar refractivity (Wildman–Crippen MR) is 76.2 cm³/mol. The molecule has 1 unspecified atom stereocenters. The highest BCUT2D eigenvalue weighted by molar-refractivity contribution is 6.42. The minimum atomic E-state index is 0.325. The molecule has 1 aromatic heterocycles.